The maximum atomic E-state index is 13.0. The molecule has 1 aliphatic heterocycles. The molecule has 0 radical (unpaired) electrons. The van der Waals surface area contributed by atoms with Crippen molar-refractivity contribution in [1.29, 1.82) is 0 Å². The van der Waals surface area contributed by atoms with Gasteiger partial charge in [0.1, 0.15) is 0 Å². The predicted octanol–water partition coefficient (Wildman–Crippen LogP) is 2.22. The highest BCUT2D eigenvalue weighted by Crippen LogP contribution is 2.23. The van der Waals surface area contributed by atoms with Gasteiger partial charge in [0.05, 0.1) is 11.9 Å². The predicted molar refractivity (Wildman–Crippen MR) is 132 cm³/mol. The second-order valence-corrected chi connectivity index (χ2v) is 8.55. The average molecular weight is 481 g/mol. The molecule has 2 aromatic heterocycles. The number of rotatable bonds is 9. The molecule has 0 aliphatic carbocycles. The molecule has 1 aliphatic rings. The second-order valence-electron chi connectivity index (χ2n) is 8.55. The van der Waals surface area contributed by atoms with Gasteiger partial charge in [-0.15, -0.1) is 5.10 Å². The SMILES string of the molecule is CCN(CC)c1ccc(/C=N/NC(=O)c2nnn(-c3nonc3N)c2CN2CCCC[C@H]2C)cc1. The number of benzene rings is 1. The van der Waals surface area contributed by atoms with E-state index in [0.29, 0.717) is 18.3 Å². The van der Waals surface area contributed by atoms with Gasteiger partial charge in [-0.1, -0.05) is 23.8 Å². The van der Waals surface area contributed by atoms with Gasteiger partial charge in [0, 0.05) is 31.4 Å². The van der Waals surface area contributed by atoms with Gasteiger partial charge in [-0.2, -0.15) is 9.78 Å². The zero-order chi connectivity index (χ0) is 24.8. The van der Waals surface area contributed by atoms with Crippen LogP contribution in [0.1, 0.15) is 61.8 Å². The van der Waals surface area contributed by atoms with Gasteiger partial charge in [-0.25, -0.2) is 10.1 Å². The number of anilines is 2. The number of nitrogens with two attached hydrogens (primary N) is 1. The first-order valence-corrected chi connectivity index (χ1v) is 12.0. The number of hydrogen-bond acceptors (Lipinski definition) is 10. The van der Waals surface area contributed by atoms with Crippen LogP contribution in [-0.2, 0) is 6.54 Å². The summed E-state index contributed by atoms with van der Waals surface area (Å²) in [5.41, 5.74) is 11.2. The summed E-state index contributed by atoms with van der Waals surface area (Å²) in [6.45, 7) is 9.68. The number of hydrogen-bond donors (Lipinski definition) is 2. The van der Waals surface area contributed by atoms with E-state index in [1.807, 2.05) is 24.3 Å². The lowest BCUT2D eigenvalue weighted by Gasteiger charge is -2.33. The Morgan fingerprint density at radius 1 is 1.26 bits per heavy atom. The Morgan fingerprint density at radius 2 is 2.03 bits per heavy atom. The molecular formula is C23H32N10O2. The number of nitrogen functional groups attached to an aromatic ring is 1. The molecule has 3 N–H and O–H groups in total. The van der Waals surface area contributed by atoms with Crippen LogP contribution < -0.4 is 16.1 Å². The van der Waals surface area contributed by atoms with E-state index in [9.17, 15) is 4.79 Å². The monoisotopic (exact) mass is 480 g/mol. The van der Waals surface area contributed by atoms with Crippen LogP contribution in [-0.4, -0.2) is 68.0 Å². The van der Waals surface area contributed by atoms with Crippen LogP contribution in [0.15, 0.2) is 34.0 Å². The first-order valence-electron chi connectivity index (χ1n) is 12.0. The lowest BCUT2D eigenvalue weighted by atomic mass is 10.0. The van der Waals surface area contributed by atoms with Crippen LogP contribution in [0.5, 0.6) is 0 Å². The molecule has 1 aromatic carbocycles. The van der Waals surface area contributed by atoms with Crippen LogP contribution in [0.4, 0.5) is 11.5 Å². The lowest BCUT2D eigenvalue weighted by molar-refractivity contribution is 0.0945. The van der Waals surface area contributed by atoms with Gasteiger partial charge in [-0.05, 0) is 68.2 Å². The fraction of sp³-hybridized carbons (Fsp3) is 0.478. The minimum atomic E-state index is -0.470. The third-order valence-corrected chi connectivity index (χ3v) is 6.37. The number of carbonyl (C=O) groups excluding carboxylic acids is 1. The van der Waals surface area contributed by atoms with E-state index < -0.39 is 5.91 Å². The zero-order valence-electron chi connectivity index (χ0n) is 20.4. The molecule has 12 nitrogen and oxygen atoms in total. The van der Waals surface area contributed by atoms with Crippen molar-refractivity contribution in [3.63, 3.8) is 0 Å². The summed E-state index contributed by atoms with van der Waals surface area (Å²) in [5.74, 6) is -0.198. The second kappa shape index (κ2) is 11.1. The number of likely N-dealkylation sites (tertiary alicyclic amines) is 1. The van der Waals surface area contributed by atoms with E-state index in [0.717, 1.165) is 43.7 Å². The van der Waals surface area contributed by atoms with E-state index in [1.165, 1.54) is 11.1 Å². The number of carbonyl (C=O) groups is 1. The van der Waals surface area contributed by atoms with Crippen molar-refractivity contribution in [2.75, 3.05) is 30.3 Å². The van der Waals surface area contributed by atoms with Gasteiger partial charge < -0.3 is 10.6 Å². The highest BCUT2D eigenvalue weighted by molar-refractivity contribution is 5.94. The maximum Gasteiger partial charge on any atom is 0.293 e. The smallest absolute Gasteiger partial charge is 0.293 e. The maximum absolute atomic E-state index is 13.0. The molecule has 3 heterocycles. The van der Waals surface area contributed by atoms with Gasteiger partial charge in [0.25, 0.3) is 5.91 Å². The Morgan fingerprint density at radius 3 is 2.69 bits per heavy atom. The molecule has 0 saturated carbocycles. The number of aromatic nitrogens is 5. The molecule has 3 aromatic rings. The number of nitrogens with zero attached hydrogens (tertiary/aromatic N) is 8. The number of hydrazone groups is 1. The van der Waals surface area contributed by atoms with E-state index in [2.05, 4.69) is 61.7 Å². The van der Waals surface area contributed by atoms with Crippen LogP contribution in [0.2, 0.25) is 0 Å². The Labute approximate surface area is 204 Å². The van der Waals surface area contributed by atoms with Gasteiger partial charge in [-0.3, -0.25) is 9.69 Å². The fourth-order valence-corrected chi connectivity index (χ4v) is 4.29. The molecule has 0 spiro atoms. The topological polar surface area (TPSA) is 144 Å². The summed E-state index contributed by atoms with van der Waals surface area (Å²) in [4.78, 5) is 17.6. The quantitative estimate of drug-likeness (QED) is 0.348. The zero-order valence-corrected chi connectivity index (χ0v) is 20.4. The minimum Gasteiger partial charge on any atom is -0.378 e. The summed E-state index contributed by atoms with van der Waals surface area (Å²) >= 11 is 0. The van der Waals surface area contributed by atoms with E-state index in [-0.39, 0.29) is 17.3 Å². The van der Waals surface area contributed by atoms with E-state index in [4.69, 9.17) is 10.4 Å². The normalized spacial score (nSPS) is 16.6. The molecule has 12 heteroatoms. The number of piperidine rings is 1. The summed E-state index contributed by atoms with van der Waals surface area (Å²) in [6, 6.07) is 8.37. The van der Waals surface area contributed by atoms with Crippen molar-refractivity contribution in [1.82, 2.24) is 35.6 Å². The first kappa shape index (κ1) is 24.3. The van der Waals surface area contributed by atoms with Gasteiger partial charge in [0.2, 0.25) is 11.6 Å². The molecular weight excluding hydrogens is 448 g/mol. The molecule has 186 valence electrons. The van der Waals surface area contributed by atoms with E-state index >= 15 is 0 Å². The standard InChI is InChI=1S/C23H32N10O2/c1-4-31(5-2)18-11-9-17(10-12-18)14-25-27-23(34)20-19(15-32-13-7-6-8-16(32)3)33(30-26-20)22-21(24)28-35-29-22/h9-12,14,16H,4-8,13,15H2,1-3H3,(H2,24,28)(H,27,34)/b25-14+/t16-/m1/s1. The van der Waals surface area contributed by atoms with E-state index in [1.54, 1.807) is 6.21 Å². The molecule has 0 unspecified atom stereocenters. The van der Waals surface area contributed by atoms with Crippen LogP contribution >= 0.6 is 0 Å². The Balaban J connectivity index is 1.52. The lowest BCUT2D eigenvalue weighted by Crippen LogP contribution is -2.38. The van der Waals surface area contributed by atoms with Crippen molar-refractivity contribution in [2.24, 2.45) is 5.10 Å². The van der Waals surface area contributed by atoms with Crippen LogP contribution in [0.25, 0.3) is 5.82 Å². The minimum absolute atomic E-state index is 0.0704. The average Bonchev–Trinajstić information content (AvgIpc) is 3.48. The Bertz CT molecular complexity index is 1150. The van der Waals surface area contributed by atoms with Crippen molar-refractivity contribution in [3.05, 3.63) is 41.2 Å². The fourth-order valence-electron chi connectivity index (χ4n) is 4.29. The summed E-state index contributed by atoms with van der Waals surface area (Å²) < 4.78 is 6.15. The molecule has 1 atom stereocenters. The largest absolute Gasteiger partial charge is 0.378 e. The summed E-state index contributed by atoms with van der Waals surface area (Å²) in [7, 11) is 0. The highest BCUT2D eigenvalue weighted by Gasteiger charge is 2.28. The summed E-state index contributed by atoms with van der Waals surface area (Å²) in [6.07, 6.45) is 4.97. The third kappa shape index (κ3) is 5.48. The Kier molecular flexibility index (Phi) is 7.70. The van der Waals surface area contributed by atoms with Crippen molar-refractivity contribution in [2.45, 2.75) is 52.6 Å². The number of nitrogens with one attached hydrogen (secondary N) is 1. The van der Waals surface area contributed by atoms with Crippen LogP contribution in [0, 0.1) is 0 Å². The molecule has 1 amide bonds. The first-order chi connectivity index (χ1) is 17.0. The van der Waals surface area contributed by atoms with Crippen molar-refractivity contribution in [3.8, 4) is 5.82 Å². The highest BCUT2D eigenvalue weighted by atomic mass is 16.6. The van der Waals surface area contributed by atoms with Gasteiger partial charge in [0.15, 0.2) is 5.69 Å². The molecule has 0 bridgehead atoms. The van der Waals surface area contributed by atoms with Crippen LogP contribution in [0.3, 0.4) is 0 Å². The third-order valence-electron chi connectivity index (χ3n) is 6.37. The molecule has 35 heavy (non-hydrogen) atoms. The van der Waals surface area contributed by atoms with Crippen molar-refractivity contribution >= 4 is 23.6 Å². The Hall–Kier alpha value is -3.80. The van der Waals surface area contributed by atoms with Crippen molar-refractivity contribution < 1.29 is 9.42 Å². The molecule has 1 fully saturated rings. The molecule has 1 saturated heterocycles. The molecule has 4 rings (SSSR count). The van der Waals surface area contributed by atoms with Gasteiger partial charge >= 0.3 is 0 Å². The number of amides is 1. The summed E-state index contributed by atoms with van der Waals surface area (Å²) in [5, 5.41) is 19.8.